The Kier molecular flexibility index (Phi) is 6.33. The SMILES string of the molecule is COc1cccc([C@H]2[C@@H](C(=O)NCCN3CCOCC3)c3ccccc3C(=O)N2C2CC2)c1. The standard InChI is InChI=1S/C26H31N3O4/c1-32-20-6-4-5-18(17-20)24-23(25(30)27-11-12-28-13-15-33-16-14-28)21-7-2-3-8-22(21)26(31)29(24)19-9-10-19/h2-8,17,19,23-24H,9-16H2,1H3,(H,27,30)/t23-,24-/m0/s1. The normalized spacial score (nSPS) is 23.2. The van der Waals surface area contributed by atoms with Crippen molar-refractivity contribution in [2.45, 2.75) is 30.8 Å². The van der Waals surface area contributed by atoms with Crippen LogP contribution >= 0.6 is 0 Å². The van der Waals surface area contributed by atoms with Gasteiger partial charge in [-0.3, -0.25) is 14.5 Å². The Balaban J connectivity index is 1.47. The van der Waals surface area contributed by atoms with E-state index in [4.69, 9.17) is 9.47 Å². The van der Waals surface area contributed by atoms with Gasteiger partial charge in [-0.05, 0) is 42.2 Å². The monoisotopic (exact) mass is 449 g/mol. The van der Waals surface area contributed by atoms with Crippen LogP contribution in [-0.2, 0) is 9.53 Å². The molecular formula is C26H31N3O4. The first kappa shape index (κ1) is 21.9. The van der Waals surface area contributed by atoms with E-state index in [0.29, 0.717) is 12.1 Å². The average molecular weight is 450 g/mol. The van der Waals surface area contributed by atoms with Gasteiger partial charge in [-0.2, -0.15) is 0 Å². The number of rotatable bonds is 7. The van der Waals surface area contributed by atoms with Crippen molar-refractivity contribution >= 4 is 11.8 Å². The van der Waals surface area contributed by atoms with Gasteiger partial charge in [0.2, 0.25) is 5.91 Å². The summed E-state index contributed by atoms with van der Waals surface area (Å²) in [4.78, 5) is 31.5. The zero-order valence-corrected chi connectivity index (χ0v) is 19.0. The Morgan fingerprint density at radius 2 is 1.91 bits per heavy atom. The summed E-state index contributed by atoms with van der Waals surface area (Å²) in [6.07, 6.45) is 1.94. The van der Waals surface area contributed by atoms with Crippen LogP contribution in [0.2, 0.25) is 0 Å². The molecule has 1 saturated carbocycles. The van der Waals surface area contributed by atoms with Crippen molar-refractivity contribution in [1.82, 2.24) is 15.1 Å². The molecule has 2 aliphatic heterocycles. The number of amides is 2. The van der Waals surface area contributed by atoms with Crippen LogP contribution in [0.15, 0.2) is 48.5 Å². The molecule has 2 aromatic carbocycles. The van der Waals surface area contributed by atoms with E-state index in [1.807, 2.05) is 53.4 Å². The number of benzene rings is 2. The van der Waals surface area contributed by atoms with Crippen LogP contribution in [0.3, 0.4) is 0 Å². The maximum atomic E-state index is 13.7. The van der Waals surface area contributed by atoms with Gasteiger partial charge in [0.15, 0.2) is 0 Å². The molecule has 2 fully saturated rings. The van der Waals surface area contributed by atoms with Gasteiger partial charge in [0, 0.05) is 37.8 Å². The maximum Gasteiger partial charge on any atom is 0.254 e. The van der Waals surface area contributed by atoms with E-state index in [9.17, 15) is 9.59 Å². The van der Waals surface area contributed by atoms with Gasteiger partial charge in [-0.25, -0.2) is 0 Å². The largest absolute Gasteiger partial charge is 0.497 e. The first-order valence-electron chi connectivity index (χ1n) is 11.8. The number of hydrogen-bond acceptors (Lipinski definition) is 5. The second kappa shape index (κ2) is 9.53. The minimum atomic E-state index is -0.476. The smallest absolute Gasteiger partial charge is 0.254 e. The van der Waals surface area contributed by atoms with Gasteiger partial charge in [-0.1, -0.05) is 30.3 Å². The zero-order chi connectivity index (χ0) is 22.8. The zero-order valence-electron chi connectivity index (χ0n) is 19.0. The van der Waals surface area contributed by atoms with E-state index in [0.717, 1.165) is 62.6 Å². The van der Waals surface area contributed by atoms with Crippen molar-refractivity contribution in [3.8, 4) is 5.75 Å². The molecule has 5 rings (SSSR count). The molecule has 2 atom stereocenters. The van der Waals surface area contributed by atoms with Crippen molar-refractivity contribution in [3.05, 3.63) is 65.2 Å². The summed E-state index contributed by atoms with van der Waals surface area (Å²) >= 11 is 0. The summed E-state index contributed by atoms with van der Waals surface area (Å²) in [6, 6.07) is 15.1. The minimum absolute atomic E-state index is 0.0123. The van der Waals surface area contributed by atoms with Crippen molar-refractivity contribution < 1.29 is 19.1 Å². The van der Waals surface area contributed by atoms with E-state index in [-0.39, 0.29) is 23.9 Å². The van der Waals surface area contributed by atoms with Crippen LogP contribution in [0.4, 0.5) is 0 Å². The molecule has 2 aromatic rings. The highest BCUT2D eigenvalue weighted by atomic mass is 16.5. The predicted molar refractivity (Wildman–Crippen MR) is 124 cm³/mol. The summed E-state index contributed by atoms with van der Waals surface area (Å²) in [7, 11) is 1.63. The van der Waals surface area contributed by atoms with Gasteiger partial charge < -0.3 is 19.7 Å². The number of hydrogen-bond donors (Lipinski definition) is 1. The lowest BCUT2D eigenvalue weighted by molar-refractivity contribution is -0.124. The summed E-state index contributed by atoms with van der Waals surface area (Å²) in [5.74, 6) is 0.220. The molecule has 7 heteroatoms. The van der Waals surface area contributed by atoms with E-state index in [1.54, 1.807) is 7.11 Å². The molecule has 1 aliphatic carbocycles. The number of fused-ring (bicyclic) bond motifs is 1. The van der Waals surface area contributed by atoms with Gasteiger partial charge in [-0.15, -0.1) is 0 Å². The van der Waals surface area contributed by atoms with Gasteiger partial charge in [0.1, 0.15) is 5.75 Å². The second-order valence-corrected chi connectivity index (χ2v) is 8.98. The third-order valence-corrected chi connectivity index (χ3v) is 6.87. The highest BCUT2D eigenvalue weighted by Crippen LogP contribution is 2.48. The third kappa shape index (κ3) is 4.48. The molecule has 2 amide bonds. The van der Waals surface area contributed by atoms with Crippen molar-refractivity contribution in [1.29, 1.82) is 0 Å². The van der Waals surface area contributed by atoms with Crippen molar-refractivity contribution in [3.63, 3.8) is 0 Å². The molecule has 3 aliphatic rings. The molecule has 0 bridgehead atoms. The summed E-state index contributed by atoms with van der Waals surface area (Å²) in [6.45, 7) is 4.61. The van der Waals surface area contributed by atoms with E-state index in [1.165, 1.54) is 0 Å². The first-order chi connectivity index (χ1) is 16.2. The number of nitrogens with one attached hydrogen (secondary N) is 1. The molecule has 174 valence electrons. The molecule has 1 saturated heterocycles. The van der Waals surface area contributed by atoms with Gasteiger partial charge in [0.25, 0.3) is 5.91 Å². The molecule has 0 aromatic heterocycles. The molecule has 0 radical (unpaired) electrons. The molecule has 7 nitrogen and oxygen atoms in total. The molecule has 0 spiro atoms. The minimum Gasteiger partial charge on any atom is -0.497 e. The summed E-state index contributed by atoms with van der Waals surface area (Å²) in [5.41, 5.74) is 2.37. The van der Waals surface area contributed by atoms with E-state index < -0.39 is 5.92 Å². The molecule has 33 heavy (non-hydrogen) atoms. The third-order valence-electron chi connectivity index (χ3n) is 6.87. The lowest BCUT2D eigenvalue weighted by Gasteiger charge is -2.42. The van der Waals surface area contributed by atoms with Crippen molar-refractivity contribution in [2.75, 3.05) is 46.5 Å². The molecule has 0 unspecified atom stereocenters. The number of methoxy groups -OCH3 is 1. The first-order valence-corrected chi connectivity index (χ1v) is 11.8. The lowest BCUT2D eigenvalue weighted by Crippen LogP contribution is -2.49. The van der Waals surface area contributed by atoms with Crippen LogP contribution in [0.5, 0.6) is 5.75 Å². The fourth-order valence-corrected chi connectivity index (χ4v) is 5.04. The van der Waals surface area contributed by atoms with Crippen LogP contribution in [-0.4, -0.2) is 74.2 Å². The summed E-state index contributed by atoms with van der Waals surface area (Å²) in [5, 5.41) is 3.17. The van der Waals surface area contributed by atoms with Crippen LogP contribution in [0.25, 0.3) is 0 Å². The Hall–Kier alpha value is -2.90. The quantitative estimate of drug-likeness (QED) is 0.704. The number of nitrogens with zero attached hydrogens (tertiary/aromatic N) is 2. The molecular weight excluding hydrogens is 418 g/mol. The van der Waals surface area contributed by atoms with E-state index >= 15 is 0 Å². The van der Waals surface area contributed by atoms with Gasteiger partial charge >= 0.3 is 0 Å². The Bertz CT molecular complexity index is 1020. The summed E-state index contributed by atoms with van der Waals surface area (Å²) < 4.78 is 10.9. The topological polar surface area (TPSA) is 71.1 Å². The number of carbonyl (C=O) groups is 2. The van der Waals surface area contributed by atoms with Crippen LogP contribution in [0, 0.1) is 0 Å². The predicted octanol–water partition coefficient (Wildman–Crippen LogP) is 2.59. The van der Waals surface area contributed by atoms with Crippen molar-refractivity contribution in [2.24, 2.45) is 0 Å². The van der Waals surface area contributed by atoms with Crippen LogP contribution in [0.1, 0.15) is 46.3 Å². The van der Waals surface area contributed by atoms with Gasteiger partial charge in [0.05, 0.1) is 32.3 Å². The second-order valence-electron chi connectivity index (χ2n) is 8.98. The maximum absolute atomic E-state index is 13.7. The average Bonchev–Trinajstić information content (AvgIpc) is 3.70. The fraction of sp³-hybridized carbons (Fsp3) is 0.462. The Morgan fingerprint density at radius 3 is 2.67 bits per heavy atom. The number of ether oxygens (including phenoxy) is 2. The fourth-order valence-electron chi connectivity index (χ4n) is 5.04. The number of morpholine rings is 1. The Morgan fingerprint density at radius 1 is 1.12 bits per heavy atom. The lowest BCUT2D eigenvalue weighted by atomic mass is 9.79. The van der Waals surface area contributed by atoms with Crippen LogP contribution < -0.4 is 10.1 Å². The number of carbonyl (C=O) groups excluding carboxylic acids is 2. The molecule has 2 heterocycles. The van der Waals surface area contributed by atoms with E-state index in [2.05, 4.69) is 10.2 Å². The highest BCUT2D eigenvalue weighted by Gasteiger charge is 2.49. The highest BCUT2D eigenvalue weighted by molar-refractivity contribution is 6.01. The Labute approximate surface area is 194 Å². The molecule has 1 N–H and O–H groups in total.